The molecule has 2 heterocycles. The Balaban J connectivity index is 2.19. The Hall–Kier alpha value is -1.65. The predicted molar refractivity (Wildman–Crippen MR) is 62.4 cm³/mol. The Morgan fingerprint density at radius 1 is 1.59 bits per heavy atom. The van der Waals surface area contributed by atoms with E-state index in [-0.39, 0.29) is 17.9 Å². The van der Waals surface area contributed by atoms with Gasteiger partial charge in [0.15, 0.2) is 0 Å². The van der Waals surface area contributed by atoms with Crippen LogP contribution in [0.2, 0.25) is 0 Å². The van der Waals surface area contributed by atoms with E-state index < -0.39 is 0 Å². The predicted octanol–water partition coefficient (Wildman–Crippen LogP) is 1.66. The van der Waals surface area contributed by atoms with Gasteiger partial charge in [-0.25, -0.2) is 0 Å². The maximum Gasteiger partial charge on any atom is 0.246 e. The Kier molecular flexibility index (Phi) is 3.26. The summed E-state index contributed by atoms with van der Waals surface area (Å²) in [5, 5.41) is 7.91. The van der Waals surface area contributed by atoms with Crippen molar-refractivity contribution >= 4 is 5.91 Å². The van der Waals surface area contributed by atoms with Crippen molar-refractivity contribution in [2.24, 2.45) is 0 Å². The first kappa shape index (κ1) is 11.8. The second kappa shape index (κ2) is 4.69. The van der Waals surface area contributed by atoms with Crippen molar-refractivity contribution in [3.05, 3.63) is 24.4 Å². The van der Waals surface area contributed by atoms with Gasteiger partial charge >= 0.3 is 0 Å². The molecule has 1 fully saturated rings. The summed E-state index contributed by atoms with van der Waals surface area (Å²) in [4.78, 5) is 13.5. The van der Waals surface area contributed by atoms with Crippen LogP contribution in [-0.2, 0) is 4.79 Å². The molecule has 2 rings (SSSR count). The monoisotopic (exact) mass is 235 g/mol. The number of hydrogen-bond acceptors (Lipinski definition) is 4. The summed E-state index contributed by atoms with van der Waals surface area (Å²) in [6, 6.07) is 0.0779. The number of carbonyl (C=O) groups is 1. The normalized spacial score (nSPS) is 24.7. The minimum atomic E-state index is -0.0292. The molecule has 0 aliphatic carbocycles. The van der Waals surface area contributed by atoms with E-state index in [2.05, 4.69) is 16.8 Å². The maximum atomic E-state index is 11.7. The van der Waals surface area contributed by atoms with Crippen molar-refractivity contribution in [3.63, 3.8) is 0 Å². The first-order chi connectivity index (χ1) is 8.13. The van der Waals surface area contributed by atoms with Crippen molar-refractivity contribution < 1.29 is 9.21 Å². The van der Waals surface area contributed by atoms with Crippen LogP contribution in [0.4, 0.5) is 0 Å². The van der Waals surface area contributed by atoms with Crippen LogP contribution >= 0.6 is 0 Å². The molecule has 1 saturated heterocycles. The summed E-state index contributed by atoms with van der Waals surface area (Å²) < 4.78 is 5.47. The third-order valence-electron chi connectivity index (χ3n) is 3.30. The summed E-state index contributed by atoms with van der Waals surface area (Å²) in [6.07, 6.45) is 3.29. The van der Waals surface area contributed by atoms with Gasteiger partial charge in [-0.3, -0.25) is 4.79 Å². The van der Waals surface area contributed by atoms with Gasteiger partial charge in [0.2, 0.25) is 17.7 Å². The van der Waals surface area contributed by atoms with E-state index in [4.69, 9.17) is 4.42 Å². The van der Waals surface area contributed by atoms with E-state index >= 15 is 0 Å². The maximum absolute atomic E-state index is 11.7. The summed E-state index contributed by atoms with van der Waals surface area (Å²) in [7, 11) is 0. The van der Waals surface area contributed by atoms with E-state index in [0.29, 0.717) is 11.8 Å². The zero-order valence-electron chi connectivity index (χ0n) is 10.2. The summed E-state index contributed by atoms with van der Waals surface area (Å²) in [5.74, 6) is 1.31. The highest BCUT2D eigenvalue weighted by Gasteiger charge is 2.34. The lowest BCUT2D eigenvalue weighted by molar-refractivity contribution is -0.129. The van der Waals surface area contributed by atoms with Gasteiger partial charge in [-0.05, 0) is 25.8 Å². The molecule has 92 valence electrons. The first-order valence-corrected chi connectivity index (χ1v) is 5.86. The molecule has 0 bridgehead atoms. The highest BCUT2D eigenvalue weighted by Crippen LogP contribution is 2.31. The summed E-state index contributed by atoms with van der Waals surface area (Å²) >= 11 is 0. The lowest BCUT2D eigenvalue weighted by atomic mass is 9.90. The molecule has 0 radical (unpaired) electrons. The molecule has 1 aliphatic heterocycles. The van der Waals surface area contributed by atoms with Gasteiger partial charge in [0.1, 0.15) is 0 Å². The quantitative estimate of drug-likeness (QED) is 0.731. The fourth-order valence-corrected chi connectivity index (χ4v) is 2.36. The van der Waals surface area contributed by atoms with Crippen LogP contribution in [0, 0.1) is 6.92 Å². The van der Waals surface area contributed by atoms with Crippen LogP contribution in [0.3, 0.4) is 0 Å². The zero-order chi connectivity index (χ0) is 12.4. The van der Waals surface area contributed by atoms with Gasteiger partial charge in [-0.2, -0.15) is 0 Å². The number of nitrogens with zero attached hydrogens (tertiary/aromatic N) is 3. The van der Waals surface area contributed by atoms with Crippen molar-refractivity contribution in [2.45, 2.75) is 38.6 Å². The SMILES string of the molecule is C=CC(=O)N1CCC[C@@H](c2nnc(C)o2)[C@H]1C. The number of likely N-dealkylation sites (tertiary alicyclic amines) is 1. The minimum Gasteiger partial charge on any atom is -0.425 e. The molecule has 17 heavy (non-hydrogen) atoms. The molecule has 1 aromatic heterocycles. The minimum absolute atomic E-state index is 0.0292. The second-order valence-electron chi connectivity index (χ2n) is 4.38. The smallest absolute Gasteiger partial charge is 0.246 e. The number of hydrogen-bond donors (Lipinski definition) is 0. The van der Waals surface area contributed by atoms with E-state index in [1.807, 2.05) is 11.8 Å². The van der Waals surface area contributed by atoms with Gasteiger partial charge in [0.05, 0.1) is 5.92 Å². The van der Waals surface area contributed by atoms with Crippen LogP contribution in [-0.4, -0.2) is 33.6 Å². The molecule has 0 N–H and O–H groups in total. The van der Waals surface area contributed by atoms with Crippen LogP contribution in [0.25, 0.3) is 0 Å². The number of aryl methyl sites for hydroxylation is 1. The van der Waals surface area contributed by atoms with E-state index in [0.717, 1.165) is 19.4 Å². The molecule has 2 atom stereocenters. The Morgan fingerprint density at radius 2 is 2.35 bits per heavy atom. The van der Waals surface area contributed by atoms with Crippen LogP contribution in [0.1, 0.15) is 37.5 Å². The molecular formula is C12H17N3O2. The third-order valence-corrected chi connectivity index (χ3v) is 3.30. The molecule has 1 amide bonds. The van der Waals surface area contributed by atoms with Gasteiger partial charge in [-0.1, -0.05) is 6.58 Å². The Labute approximate surface area is 101 Å². The van der Waals surface area contributed by atoms with Gasteiger partial charge in [0, 0.05) is 19.5 Å². The lowest BCUT2D eigenvalue weighted by Gasteiger charge is -2.37. The largest absolute Gasteiger partial charge is 0.425 e. The molecule has 5 nitrogen and oxygen atoms in total. The molecule has 1 aromatic rings. The highest BCUT2D eigenvalue weighted by atomic mass is 16.4. The second-order valence-corrected chi connectivity index (χ2v) is 4.38. The molecule has 5 heteroatoms. The molecule has 0 saturated carbocycles. The number of carbonyl (C=O) groups excluding carboxylic acids is 1. The van der Waals surface area contributed by atoms with Crippen molar-refractivity contribution in [1.82, 2.24) is 15.1 Å². The van der Waals surface area contributed by atoms with Crippen molar-refractivity contribution in [3.8, 4) is 0 Å². The van der Waals surface area contributed by atoms with E-state index in [1.165, 1.54) is 6.08 Å². The zero-order valence-corrected chi connectivity index (χ0v) is 10.2. The molecule has 0 spiro atoms. The number of rotatable bonds is 2. The molecule has 1 aliphatic rings. The highest BCUT2D eigenvalue weighted by molar-refractivity contribution is 5.87. The van der Waals surface area contributed by atoms with Gasteiger partial charge < -0.3 is 9.32 Å². The van der Waals surface area contributed by atoms with Crippen LogP contribution in [0.15, 0.2) is 17.1 Å². The van der Waals surface area contributed by atoms with Crippen molar-refractivity contribution in [1.29, 1.82) is 0 Å². The fraction of sp³-hybridized carbons (Fsp3) is 0.583. The first-order valence-electron chi connectivity index (χ1n) is 5.86. The van der Waals surface area contributed by atoms with Crippen LogP contribution in [0.5, 0.6) is 0 Å². The van der Waals surface area contributed by atoms with Gasteiger partial charge in [0.25, 0.3) is 0 Å². The fourth-order valence-electron chi connectivity index (χ4n) is 2.36. The summed E-state index contributed by atoms with van der Waals surface area (Å²) in [6.45, 7) is 8.10. The van der Waals surface area contributed by atoms with Crippen LogP contribution < -0.4 is 0 Å². The molecule has 0 aromatic carbocycles. The number of piperidine rings is 1. The average Bonchev–Trinajstić information content (AvgIpc) is 2.75. The van der Waals surface area contributed by atoms with E-state index in [9.17, 15) is 4.79 Å². The van der Waals surface area contributed by atoms with Crippen molar-refractivity contribution in [2.75, 3.05) is 6.54 Å². The number of amides is 1. The third kappa shape index (κ3) is 2.23. The van der Waals surface area contributed by atoms with E-state index in [1.54, 1.807) is 6.92 Å². The standard InChI is InChI=1S/C12H17N3O2/c1-4-11(16)15-7-5-6-10(8(15)2)12-14-13-9(3)17-12/h4,8,10H,1,5-7H2,2-3H3/t8-,10-/m1/s1. The Morgan fingerprint density at radius 3 is 2.94 bits per heavy atom. The molecule has 0 unspecified atom stereocenters. The molecular weight excluding hydrogens is 218 g/mol. The Bertz CT molecular complexity index is 427. The lowest BCUT2D eigenvalue weighted by Crippen LogP contribution is -2.45. The topological polar surface area (TPSA) is 59.2 Å². The summed E-state index contributed by atoms with van der Waals surface area (Å²) in [5.41, 5.74) is 0. The van der Waals surface area contributed by atoms with Gasteiger partial charge in [-0.15, -0.1) is 10.2 Å². The average molecular weight is 235 g/mol. The number of aromatic nitrogens is 2.